The molecule has 0 radical (unpaired) electrons. The minimum Gasteiger partial charge on any atom is -0.390 e. The van der Waals surface area contributed by atoms with Crippen molar-refractivity contribution in [2.75, 3.05) is 13.2 Å². The summed E-state index contributed by atoms with van der Waals surface area (Å²) >= 11 is 5.71. The fourth-order valence-corrected chi connectivity index (χ4v) is 1.66. The molecule has 0 aliphatic heterocycles. The minimum atomic E-state index is -4.28. The van der Waals surface area contributed by atoms with Gasteiger partial charge in [-0.3, -0.25) is 0 Å². The third-order valence-electron chi connectivity index (χ3n) is 2.43. The molecule has 0 fully saturated rings. The number of rotatable bonds is 7. The molecule has 1 unspecified atom stereocenters. The van der Waals surface area contributed by atoms with Gasteiger partial charge in [-0.1, -0.05) is 17.7 Å². The fourth-order valence-electron chi connectivity index (χ4n) is 1.42. The quantitative estimate of drug-likeness (QED) is 0.782. The van der Waals surface area contributed by atoms with E-state index in [4.69, 9.17) is 11.6 Å². The van der Waals surface area contributed by atoms with E-state index in [1.54, 1.807) is 0 Å². The third kappa shape index (κ3) is 4.88. The van der Waals surface area contributed by atoms with Crippen molar-refractivity contribution in [1.29, 1.82) is 0 Å². The highest BCUT2D eigenvalue weighted by Gasteiger charge is 2.41. The minimum absolute atomic E-state index is 0.00545. The second-order valence-corrected chi connectivity index (χ2v) is 4.54. The van der Waals surface area contributed by atoms with Gasteiger partial charge in [0.15, 0.2) is 0 Å². The Morgan fingerprint density at radius 2 is 1.95 bits per heavy atom. The summed E-state index contributed by atoms with van der Waals surface area (Å²) in [6.07, 6.45) is -5.45. The van der Waals surface area contributed by atoms with Crippen LogP contribution < -0.4 is 0 Å². The van der Waals surface area contributed by atoms with Crippen LogP contribution in [0.3, 0.4) is 0 Å². The summed E-state index contributed by atoms with van der Waals surface area (Å²) in [6, 6.07) is 3.89. The second kappa shape index (κ2) is 7.19. The first-order valence-electron chi connectivity index (χ1n) is 5.58. The number of ether oxygens (including phenoxy) is 1. The van der Waals surface area contributed by atoms with E-state index >= 15 is 0 Å². The fraction of sp³-hybridized carbons (Fsp3) is 0.500. The SMILES string of the molecule is OC(COCC(F)(F)C(F)F)Cc1c(F)cccc1Cl. The average molecular weight is 319 g/mol. The van der Waals surface area contributed by atoms with Gasteiger partial charge in [0.05, 0.1) is 12.7 Å². The Hall–Kier alpha value is -0.920. The first kappa shape index (κ1) is 17.1. The molecule has 0 bridgehead atoms. The Bertz CT molecular complexity index is 422. The Kier molecular flexibility index (Phi) is 6.16. The first-order valence-corrected chi connectivity index (χ1v) is 5.96. The predicted molar refractivity (Wildman–Crippen MR) is 62.9 cm³/mol. The van der Waals surface area contributed by atoms with Crippen molar-refractivity contribution in [3.8, 4) is 0 Å². The van der Waals surface area contributed by atoms with Gasteiger partial charge in [-0.15, -0.1) is 0 Å². The highest BCUT2D eigenvalue weighted by atomic mass is 35.5. The summed E-state index contributed by atoms with van der Waals surface area (Å²) in [6.45, 7) is -2.15. The van der Waals surface area contributed by atoms with Crippen molar-refractivity contribution in [3.63, 3.8) is 0 Å². The van der Waals surface area contributed by atoms with Crippen LogP contribution in [0.4, 0.5) is 22.0 Å². The van der Waals surface area contributed by atoms with Crippen molar-refractivity contribution in [1.82, 2.24) is 0 Å². The Balaban J connectivity index is 2.47. The number of aliphatic hydroxyl groups excluding tert-OH is 1. The molecule has 0 saturated heterocycles. The van der Waals surface area contributed by atoms with E-state index in [2.05, 4.69) is 4.74 Å². The standard InChI is InChI=1S/C12H12ClF5O2/c13-9-2-1-3-10(14)8(9)4-7(19)5-20-6-12(17,18)11(15)16/h1-3,7,11,19H,4-6H2. The molecule has 20 heavy (non-hydrogen) atoms. The van der Waals surface area contributed by atoms with Gasteiger partial charge in [0.2, 0.25) is 0 Å². The van der Waals surface area contributed by atoms with Crippen molar-refractivity contribution in [3.05, 3.63) is 34.6 Å². The van der Waals surface area contributed by atoms with Gasteiger partial charge >= 0.3 is 12.3 Å². The van der Waals surface area contributed by atoms with E-state index in [0.29, 0.717) is 0 Å². The van der Waals surface area contributed by atoms with Crippen LogP contribution in [0.1, 0.15) is 5.56 Å². The molecule has 0 aromatic heterocycles. The van der Waals surface area contributed by atoms with Crippen LogP contribution in [-0.4, -0.2) is 36.8 Å². The van der Waals surface area contributed by atoms with Gasteiger partial charge in [-0.25, -0.2) is 13.2 Å². The van der Waals surface area contributed by atoms with Crippen molar-refractivity contribution < 1.29 is 31.8 Å². The normalized spacial score (nSPS) is 13.8. The number of benzene rings is 1. The van der Waals surface area contributed by atoms with E-state index < -0.39 is 37.5 Å². The van der Waals surface area contributed by atoms with Crippen LogP contribution in [0.5, 0.6) is 0 Å². The van der Waals surface area contributed by atoms with Gasteiger partial charge in [0.1, 0.15) is 12.4 Å². The molecule has 0 spiro atoms. The molecule has 0 aliphatic rings. The summed E-state index contributed by atoms with van der Waals surface area (Å²) in [5.74, 6) is -4.94. The topological polar surface area (TPSA) is 29.5 Å². The second-order valence-electron chi connectivity index (χ2n) is 4.14. The summed E-state index contributed by atoms with van der Waals surface area (Å²) in [5, 5.41) is 9.58. The zero-order chi connectivity index (χ0) is 15.3. The molecular formula is C12H12ClF5O2. The van der Waals surface area contributed by atoms with Gasteiger partial charge in [-0.05, 0) is 12.1 Å². The molecule has 0 heterocycles. The van der Waals surface area contributed by atoms with Gasteiger partial charge in [0.25, 0.3) is 0 Å². The summed E-state index contributed by atoms with van der Waals surface area (Å²) in [4.78, 5) is 0. The van der Waals surface area contributed by atoms with Gasteiger partial charge < -0.3 is 9.84 Å². The van der Waals surface area contributed by atoms with E-state index in [9.17, 15) is 27.1 Å². The molecule has 1 aromatic rings. The van der Waals surface area contributed by atoms with Crippen LogP contribution in [0.2, 0.25) is 5.02 Å². The lowest BCUT2D eigenvalue weighted by Crippen LogP contribution is -2.34. The van der Waals surface area contributed by atoms with E-state index in [0.717, 1.165) is 6.07 Å². The Labute approximate surface area is 117 Å². The molecular weight excluding hydrogens is 307 g/mol. The lowest BCUT2D eigenvalue weighted by molar-refractivity contribution is -0.170. The molecule has 8 heteroatoms. The molecule has 1 rings (SSSR count). The lowest BCUT2D eigenvalue weighted by atomic mass is 10.1. The molecule has 0 aliphatic carbocycles. The number of alkyl halides is 4. The lowest BCUT2D eigenvalue weighted by Gasteiger charge is -2.17. The number of hydrogen-bond acceptors (Lipinski definition) is 2. The number of halogens is 6. The molecule has 2 nitrogen and oxygen atoms in total. The van der Waals surface area contributed by atoms with Gasteiger partial charge in [-0.2, -0.15) is 8.78 Å². The van der Waals surface area contributed by atoms with Crippen LogP contribution in [-0.2, 0) is 11.2 Å². The summed E-state index contributed by atoms with van der Waals surface area (Å²) in [5.41, 5.74) is 0.00545. The molecule has 0 amide bonds. The van der Waals surface area contributed by atoms with E-state index in [1.165, 1.54) is 12.1 Å². The predicted octanol–water partition coefficient (Wildman–Crippen LogP) is 3.30. The maximum absolute atomic E-state index is 13.4. The molecule has 1 aromatic carbocycles. The van der Waals surface area contributed by atoms with Crippen LogP contribution >= 0.6 is 11.6 Å². The maximum atomic E-state index is 13.4. The Morgan fingerprint density at radius 1 is 1.30 bits per heavy atom. The zero-order valence-electron chi connectivity index (χ0n) is 10.1. The van der Waals surface area contributed by atoms with Crippen molar-refractivity contribution in [2.24, 2.45) is 0 Å². The first-order chi connectivity index (χ1) is 9.24. The molecule has 114 valence electrons. The number of aliphatic hydroxyl groups is 1. The molecule has 1 atom stereocenters. The largest absolute Gasteiger partial charge is 0.390 e. The number of hydrogen-bond donors (Lipinski definition) is 1. The van der Waals surface area contributed by atoms with Crippen LogP contribution in [0.25, 0.3) is 0 Å². The third-order valence-corrected chi connectivity index (χ3v) is 2.78. The van der Waals surface area contributed by atoms with Crippen LogP contribution in [0.15, 0.2) is 18.2 Å². The zero-order valence-corrected chi connectivity index (χ0v) is 10.9. The monoisotopic (exact) mass is 318 g/mol. The summed E-state index contributed by atoms with van der Waals surface area (Å²) < 4.78 is 66.4. The Morgan fingerprint density at radius 3 is 2.50 bits per heavy atom. The maximum Gasteiger partial charge on any atom is 0.330 e. The highest BCUT2D eigenvalue weighted by molar-refractivity contribution is 6.31. The van der Waals surface area contributed by atoms with Crippen molar-refractivity contribution >= 4 is 11.6 Å². The van der Waals surface area contributed by atoms with Gasteiger partial charge in [0, 0.05) is 17.0 Å². The van der Waals surface area contributed by atoms with Crippen LogP contribution in [0, 0.1) is 5.82 Å². The summed E-state index contributed by atoms with van der Waals surface area (Å²) in [7, 11) is 0. The van der Waals surface area contributed by atoms with E-state index in [-0.39, 0.29) is 17.0 Å². The highest BCUT2D eigenvalue weighted by Crippen LogP contribution is 2.23. The van der Waals surface area contributed by atoms with Crippen molar-refractivity contribution in [2.45, 2.75) is 24.9 Å². The average Bonchev–Trinajstić information content (AvgIpc) is 2.33. The molecule has 0 saturated carbocycles. The van der Waals surface area contributed by atoms with E-state index in [1.807, 2.05) is 0 Å². The molecule has 1 N–H and O–H groups in total. The smallest absolute Gasteiger partial charge is 0.330 e.